The molecule has 0 bridgehead atoms. The molecule has 0 saturated heterocycles. The van der Waals surface area contributed by atoms with Gasteiger partial charge in [-0.1, -0.05) is 26.2 Å². The molecule has 0 atom stereocenters. The molecule has 0 radical (unpaired) electrons. The summed E-state index contributed by atoms with van der Waals surface area (Å²) in [5.74, 6) is 0. The summed E-state index contributed by atoms with van der Waals surface area (Å²) >= 11 is 0. The monoisotopic (exact) mass is 216 g/mol. The predicted octanol–water partition coefficient (Wildman–Crippen LogP) is 1.00. The lowest BCUT2D eigenvalue weighted by Gasteiger charge is -2.22. The summed E-state index contributed by atoms with van der Waals surface area (Å²) in [5.41, 5.74) is 0. The van der Waals surface area contributed by atoms with Crippen molar-refractivity contribution in [3.05, 3.63) is 0 Å². The van der Waals surface area contributed by atoms with E-state index in [1.54, 1.807) is 0 Å². The van der Waals surface area contributed by atoms with E-state index < -0.39 is 0 Å². The van der Waals surface area contributed by atoms with Crippen molar-refractivity contribution < 1.29 is 10.2 Å². The Morgan fingerprint density at radius 1 is 0.933 bits per heavy atom. The second-order valence-electron chi connectivity index (χ2n) is 4.04. The largest absolute Gasteiger partial charge is 0.854 e. The third-order valence-electron chi connectivity index (χ3n) is 2.54. The van der Waals surface area contributed by atoms with Gasteiger partial charge in [-0.25, -0.2) is 0 Å². The number of nitrogens with zero attached hydrogens (tertiary/aromatic N) is 1. The molecule has 0 saturated carbocycles. The molecule has 0 aliphatic heterocycles. The molecule has 0 aromatic carbocycles. The summed E-state index contributed by atoms with van der Waals surface area (Å²) in [7, 11) is 0. The van der Waals surface area contributed by atoms with Crippen molar-refractivity contribution in [2.75, 3.05) is 32.8 Å². The minimum Gasteiger partial charge on any atom is -0.854 e. The Morgan fingerprint density at radius 3 is 2.20 bits per heavy atom. The van der Waals surface area contributed by atoms with Gasteiger partial charge in [0.1, 0.15) is 0 Å². The van der Waals surface area contributed by atoms with Crippen LogP contribution in [-0.4, -0.2) is 42.9 Å². The minimum atomic E-state index is 0.0464. The molecule has 0 aliphatic carbocycles. The molecule has 3 heteroatoms. The standard InChI is InChI=1S/C12H26NO2/c1-2-8-13(10-7-12-15)9-5-3-4-6-11-14/h14H,2-12H2,1H3/q-1. The fourth-order valence-electron chi connectivity index (χ4n) is 1.74. The second-order valence-corrected chi connectivity index (χ2v) is 4.04. The van der Waals surface area contributed by atoms with Crippen molar-refractivity contribution in [2.45, 2.75) is 45.4 Å². The van der Waals surface area contributed by atoms with Gasteiger partial charge < -0.3 is 15.1 Å². The molecule has 0 spiro atoms. The van der Waals surface area contributed by atoms with Gasteiger partial charge in [-0.2, -0.15) is 0 Å². The van der Waals surface area contributed by atoms with Crippen molar-refractivity contribution >= 4 is 0 Å². The number of hydrogen-bond donors (Lipinski definition) is 1. The van der Waals surface area contributed by atoms with Crippen LogP contribution in [0.25, 0.3) is 0 Å². The van der Waals surface area contributed by atoms with E-state index >= 15 is 0 Å². The van der Waals surface area contributed by atoms with Crippen molar-refractivity contribution in [1.82, 2.24) is 4.90 Å². The molecule has 0 unspecified atom stereocenters. The summed E-state index contributed by atoms with van der Waals surface area (Å²) in [6.07, 6.45) is 6.37. The average molecular weight is 216 g/mol. The molecular formula is C12H26NO2-. The van der Waals surface area contributed by atoms with Crippen LogP contribution >= 0.6 is 0 Å². The van der Waals surface area contributed by atoms with E-state index in [0.717, 1.165) is 45.3 Å². The van der Waals surface area contributed by atoms with Crippen LogP contribution < -0.4 is 5.11 Å². The van der Waals surface area contributed by atoms with E-state index in [-0.39, 0.29) is 6.61 Å². The summed E-state index contributed by atoms with van der Waals surface area (Å²) < 4.78 is 0. The number of unbranched alkanes of at least 4 members (excludes halogenated alkanes) is 3. The van der Waals surface area contributed by atoms with E-state index in [2.05, 4.69) is 11.8 Å². The van der Waals surface area contributed by atoms with Gasteiger partial charge in [-0.3, -0.25) is 0 Å². The number of rotatable bonds is 11. The van der Waals surface area contributed by atoms with Crippen molar-refractivity contribution in [3.8, 4) is 0 Å². The van der Waals surface area contributed by atoms with Gasteiger partial charge in [0.15, 0.2) is 0 Å². The predicted molar refractivity (Wildman–Crippen MR) is 61.8 cm³/mol. The Balaban J connectivity index is 3.38. The Bertz CT molecular complexity index is 120. The highest BCUT2D eigenvalue weighted by Crippen LogP contribution is 2.02. The minimum absolute atomic E-state index is 0.0464. The lowest BCUT2D eigenvalue weighted by Crippen LogP contribution is -2.28. The quantitative estimate of drug-likeness (QED) is 0.524. The highest BCUT2D eigenvalue weighted by molar-refractivity contribution is 4.57. The first kappa shape index (κ1) is 14.9. The third-order valence-corrected chi connectivity index (χ3v) is 2.54. The fraction of sp³-hybridized carbons (Fsp3) is 1.00. The van der Waals surface area contributed by atoms with Gasteiger partial charge in [0.2, 0.25) is 0 Å². The van der Waals surface area contributed by atoms with Crippen LogP contribution in [0.5, 0.6) is 0 Å². The zero-order valence-corrected chi connectivity index (χ0v) is 10.1. The lowest BCUT2D eigenvalue weighted by atomic mass is 10.2. The van der Waals surface area contributed by atoms with Gasteiger partial charge in [0, 0.05) is 6.61 Å². The highest BCUT2D eigenvalue weighted by atomic mass is 16.3. The summed E-state index contributed by atoms with van der Waals surface area (Å²) in [6, 6.07) is 0. The molecule has 1 N–H and O–H groups in total. The van der Waals surface area contributed by atoms with Crippen LogP contribution in [0.1, 0.15) is 45.4 Å². The normalized spacial score (nSPS) is 11.2. The van der Waals surface area contributed by atoms with Gasteiger partial charge in [0.05, 0.1) is 0 Å². The Labute approximate surface area is 94.1 Å². The van der Waals surface area contributed by atoms with E-state index in [9.17, 15) is 5.11 Å². The Morgan fingerprint density at radius 2 is 1.60 bits per heavy atom. The summed E-state index contributed by atoms with van der Waals surface area (Å²) in [4.78, 5) is 2.39. The first-order valence-corrected chi connectivity index (χ1v) is 6.26. The first-order chi connectivity index (χ1) is 7.35. The zero-order chi connectivity index (χ0) is 11.4. The van der Waals surface area contributed by atoms with Crippen molar-refractivity contribution in [1.29, 1.82) is 0 Å². The number of hydrogen-bond acceptors (Lipinski definition) is 3. The Hall–Kier alpha value is -0.120. The lowest BCUT2D eigenvalue weighted by molar-refractivity contribution is -0.368. The van der Waals surface area contributed by atoms with E-state index in [4.69, 9.17) is 5.11 Å². The second kappa shape index (κ2) is 12.0. The molecule has 0 rings (SSSR count). The average Bonchev–Trinajstić information content (AvgIpc) is 2.25. The topological polar surface area (TPSA) is 46.5 Å². The maximum absolute atomic E-state index is 10.4. The highest BCUT2D eigenvalue weighted by Gasteiger charge is 2.01. The van der Waals surface area contributed by atoms with E-state index in [0.29, 0.717) is 6.61 Å². The maximum atomic E-state index is 10.4. The SMILES string of the molecule is CCCN(CCC[O-])CCCCCCO. The van der Waals surface area contributed by atoms with Crippen LogP contribution in [0.15, 0.2) is 0 Å². The molecule has 0 heterocycles. The first-order valence-electron chi connectivity index (χ1n) is 6.26. The molecular weight excluding hydrogens is 190 g/mol. The molecule has 0 aromatic rings. The molecule has 0 amide bonds. The van der Waals surface area contributed by atoms with Crippen LogP contribution in [0.3, 0.4) is 0 Å². The summed E-state index contributed by atoms with van der Waals surface area (Å²) in [6.45, 7) is 5.71. The molecule has 3 nitrogen and oxygen atoms in total. The molecule has 15 heavy (non-hydrogen) atoms. The van der Waals surface area contributed by atoms with Crippen molar-refractivity contribution in [2.24, 2.45) is 0 Å². The smallest absolute Gasteiger partial charge is 0.0431 e. The molecule has 92 valence electrons. The number of aliphatic hydroxyl groups excluding tert-OH is 1. The summed E-state index contributed by atoms with van der Waals surface area (Å²) in [5, 5.41) is 19.0. The van der Waals surface area contributed by atoms with Crippen LogP contribution in [0, 0.1) is 0 Å². The number of aliphatic hydroxyl groups is 1. The molecule has 0 fully saturated rings. The zero-order valence-electron chi connectivity index (χ0n) is 10.1. The van der Waals surface area contributed by atoms with Crippen LogP contribution in [0.4, 0.5) is 0 Å². The van der Waals surface area contributed by atoms with Crippen LogP contribution in [-0.2, 0) is 0 Å². The third kappa shape index (κ3) is 10.2. The Kier molecular flexibility index (Phi) is 11.9. The van der Waals surface area contributed by atoms with E-state index in [1.807, 2.05) is 0 Å². The van der Waals surface area contributed by atoms with Gasteiger partial charge in [-0.05, 0) is 38.9 Å². The fourth-order valence-corrected chi connectivity index (χ4v) is 1.74. The van der Waals surface area contributed by atoms with Gasteiger partial charge in [0.25, 0.3) is 0 Å². The molecule has 0 aromatic heterocycles. The molecule has 0 aliphatic rings. The maximum Gasteiger partial charge on any atom is 0.0431 e. The van der Waals surface area contributed by atoms with Crippen LogP contribution in [0.2, 0.25) is 0 Å². The van der Waals surface area contributed by atoms with Crippen molar-refractivity contribution in [3.63, 3.8) is 0 Å². The van der Waals surface area contributed by atoms with E-state index in [1.165, 1.54) is 12.8 Å². The van der Waals surface area contributed by atoms with Gasteiger partial charge in [-0.15, -0.1) is 6.61 Å². The van der Waals surface area contributed by atoms with Gasteiger partial charge >= 0.3 is 0 Å².